The number of benzene rings is 7. The van der Waals surface area contributed by atoms with Crippen LogP contribution in [0.15, 0.2) is 168 Å². The van der Waals surface area contributed by atoms with E-state index in [1.165, 1.54) is 10.9 Å². The lowest BCUT2D eigenvalue weighted by molar-refractivity contribution is 0.669. The van der Waals surface area contributed by atoms with Crippen LogP contribution in [0.25, 0.3) is 89.1 Å². The molecular weight excluding hydrogens is 574 g/mol. The van der Waals surface area contributed by atoms with Crippen LogP contribution in [0.5, 0.6) is 0 Å². The first-order valence-electron chi connectivity index (χ1n) is 15.7. The Hall–Kier alpha value is -6.39. The van der Waals surface area contributed by atoms with Crippen LogP contribution in [0.3, 0.4) is 0 Å². The Kier molecular flexibility index (Phi) is 6.43. The van der Waals surface area contributed by atoms with Crippen molar-refractivity contribution in [2.45, 2.75) is 0 Å². The molecule has 0 fully saturated rings. The summed E-state index contributed by atoms with van der Waals surface area (Å²) in [4.78, 5) is 15.0. The molecule has 0 radical (unpaired) electrons. The van der Waals surface area contributed by atoms with Gasteiger partial charge in [0, 0.05) is 27.5 Å². The Balaban J connectivity index is 1.17. The molecule has 0 aliphatic rings. The number of hydrogen-bond acceptors (Lipinski definition) is 4. The zero-order chi connectivity index (χ0) is 31.2. The van der Waals surface area contributed by atoms with E-state index < -0.39 is 0 Å². The van der Waals surface area contributed by atoms with Crippen LogP contribution in [-0.4, -0.2) is 15.0 Å². The average molecular weight is 602 g/mol. The molecule has 0 atom stereocenters. The summed E-state index contributed by atoms with van der Waals surface area (Å²) in [6, 6.07) is 56.4. The first-order chi connectivity index (χ1) is 23.2. The van der Waals surface area contributed by atoms with Gasteiger partial charge in [0.05, 0.1) is 0 Å². The Bertz CT molecular complexity index is 2550. The first-order valence-corrected chi connectivity index (χ1v) is 15.7. The number of furan rings is 1. The van der Waals surface area contributed by atoms with E-state index in [0.29, 0.717) is 17.5 Å². The van der Waals surface area contributed by atoms with Gasteiger partial charge in [-0.1, -0.05) is 133 Å². The number of hydrogen-bond donors (Lipinski definition) is 0. The monoisotopic (exact) mass is 601 g/mol. The minimum Gasteiger partial charge on any atom is -0.456 e. The predicted molar refractivity (Wildman–Crippen MR) is 192 cm³/mol. The van der Waals surface area contributed by atoms with E-state index in [1.54, 1.807) is 0 Å². The van der Waals surface area contributed by atoms with Crippen LogP contribution in [0.2, 0.25) is 0 Å². The molecule has 47 heavy (non-hydrogen) atoms. The van der Waals surface area contributed by atoms with Gasteiger partial charge in [0.1, 0.15) is 11.2 Å². The Morgan fingerprint density at radius 3 is 1.38 bits per heavy atom. The summed E-state index contributed by atoms with van der Waals surface area (Å²) in [5, 5.41) is 4.45. The van der Waals surface area contributed by atoms with Crippen molar-refractivity contribution in [1.29, 1.82) is 0 Å². The second-order valence-corrected chi connectivity index (χ2v) is 11.7. The first kappa shape index (κ1) is 27.0. The SMILES string of the molecule is c1ccc(-c2ccc(-c3nc(-c4ccc5ccccc5c4)nc(-c4ccc5c(c4)oc4cc(-c6ccccc6)ccc45)n3)cc2)cc1. The van der Waals surface area contributed by atoms with Gasteiger partial charge in [0.25, 0.3) is 0 Å². The van der Waals surface area contributed by atoms with Crippen molar-refractivity contribution in [2.24, 2.45) is 0 Å². The van der Waals surface area contributed by atoms with E-state index in [9.17, 15) is 0 Å². The molecule has 0 unspecified atom stereocenters. The largest absolute Gasteiger partial charge is 0.456 e. The van der Waals surface area contributed by atoms with Gasteiger partial charge in [-0.15, -0.1) is 0 Å². The van der Waals surface area contributed by atoms with E-state index in [0.717, 1.165) is 60.7 Å². The molecule has 2 heterocycles. The topological polar surface area (TPSA) is 51.8 Å². The maximum Gasteiger partial charge on any atom is 0.164 e. The zero-order valence-electron chi connectivity index (χ0n) is 25.3. The maximum absolute atomic E-state index is 6.44. The summed E-state index contributed by atoms with van der Waals surface area (Å²) in [6.07, 6.45) is 0. The summed E-state index contributed by atoms with van der Waals surface area (Å²) < 4.78 is 6.44. The quantitative estimate of drug-likeness (QED) is 0.197. The fourth-order valence-corrected chi connectivity index (χ4v) is 6.26. The standard InChI is InChI=1S/C43H27N3O/c1-3-9-28(10-4-1)31-15-18-32(19-16-31)41-44-42(35-20-17-30-13-7-8-14-33(30)25-35)46-43(45-41)36-22-24-38-37-23-21-34(29-11-5-2-6-12-29)26-39(37)47-40(38)27-36/h1-27H. The van der Waals surface area contributed by atoms with Gasteiger partial charge < -0.3 is 4.42 Å². The van der Waals surface area contributed by atoms with Crippen LogP contribution in [0.4, 0.5) is 0 Å². The summed E-state index contributed by atoms with van der Waals surface area (Å²) in [5.41, 5.74) is 8.97. The van der Waals surface area contributed by atoms with Gasteiger partial charge in [0.15, 0.2) is 17.5 Å². The molecule has 0 saturated heterocycles. The Morgan fingerprint density at radius 2 is 0.723 bits per heavy atom. The van der Waals surface area contributed by atoms with Gasteiger partial charge in [0.2, 0.25) is 0 Å². The third kappa shape index (κ3) is 5.02. The Labute approximate surface area is 271 Å². The van der Waals surface area contributed by atoms with Gasteiger partial charge in [-0.2, -0.15) is 0 Å². The molecule has 0 bridgehead atoms. The molecule has 7 aromatic carbocycles. The highest BCUT2D eigenvalue weighted by atomic mass is 16.3. The summed E-state index contributed by atoms with van der Waals surface area (Å²) in [7, 11) is 0. The van der Waals surface area contributed by atoms with Crippen molar-refractivity contribution < 1.29 is 4.42 Å². The molecular formula is C43H27N3O. The van der Waals surface area contributed by atoms with Crippen molar-refractivity contribution in [3.8, 4) is 56.4 Å². The lowest BCUT2D eigenvalue weighted by atomic mass is 10.0. The normalized spacial score (nSPS) is 11.4. The minimum absolute atomic E-state index is 0.595. The molecule has 220 valence electrons. The average Bonchev–Trinajstić information content (AvgIpc) is 3.52. The van der Waals surface area contributed by atoms with E-state index in [2.05, 4.69) is 146 Å². The summed E-state index contributed by atoms with van der Waals surface area (Å²) in [5.74, 6) is 1.84. The third-order valence-electron chi connectivity index (χ3n) is 8.73. The van der Waals surface area contributed by atoms with Crippen LogP contribution >= 0.6 is 0 Å². The number of rotatable bonds is 5. The summed E-state index contributed by atoms with van der Waals surface area (Å²) in [6.45, 7) is 0. The van der Waals surface area contributed by atoms with E-state index in [-0.39, 0.29) is 0 Å². The highest BCUT2D eigenvalue weighted by Gasteiger charge is 2.16. The molecule has 0 aliphatic carbocycles. The molecule has 9 rings (SSSR count). The fraction of sp³-hybridized carbons (Fsp3) is 0. The molecule has 2 aromatic heterocycles. The molecule has 4 heteroatoms. The van der Waals surface area contributed by atoms with E-state index >= 15 is 0 Å². The molecule has 0 aliphatic heterocycles. The van der Waals surface area contributed by atoms with Gasteiger partial charge in [-0.05, 0) is 63.4 Å². The van der Waals surface area contributed by atoms with Crippen molar-refractivity contribution in [3.05, 3.63) is 164 Å². The van der Waals surface area contributed by atoms with Crippen LogP contribution in [-0.2, 0) is 0 Å². The molecule has 9 aromatic rings. The molecule has 0 saturated carbocycles. The number of nitrogens with zero attached hydrogens (tertiary/aromatic N) is 3. The number of aromatic nitrogens is 3. The second kappa shape index (κ2) is 11.2. The smallest absolute Gasteiger partial charge is 0.164 e. The Morgan fingerprint density at radius 1 is 0.298 bits per heavy atom. The van der Waals surface area contributed by atoms with Gasteiger partial charge >= 0.3 is 0 Å². The van der Waals surface area contributed by atoms with E-state index in [4.69, 9.17) is 19.4 Å². The van der Waals surface area contributed by atoms with Crippen molar-refractivity contribution in [2.75, 3.05) is 0 Å². The summed E-state index contributed by atoms with van der Waals surface area (Å²) >= 11 is 0. The predicted octanol–water partition coefficient (Wildman–Crippen LogP) is 11.3. The van der Waals surface area contributed by atoms with E-state index in [1.807, 2.05) is 18.2 Å². The second-order valence-electron chi connectivity index (χ2n) is 11.7. The third-order valence-corrected chi connectivity index (χ3v) is 8.73. The molecule has 0 spiro atoms. The van der Waals surface area contributed by atoms with Crippen LogP contribution in [0.1, 0.15) is 0 Å². The fourth-order valence-electron chi connectivity index (χ4n) is 6.26. The van der Waals surface area contributed by atoms with Crippen molar-refractivity contribution in [1.82, 2.24) is 15.0 Å². The maximum atomic E-state index is 6.44. The van der Waals surface area contributed by atoms with Gasteiger partial charge in [-0.25, -0.2) is 15.0 Å². The number of fused-ring (bicyclic) bond motifs is 4. The highest BCUT2D eigenvalue weighted by Crippen LogP contribution is 2.35. The van der Waals surface area contributed by atoms with Gasteiger partial charge in [-0.3, -0.25) is 0 Å². The molecule has 4 nitrogen and oxygen atoms in total. The van der Waals surface area contributed by atoms with Crippen LogP contribution < -0.4 is 0 Å². The van der Waals surface area contributed by atoms with Crippen molar-refractivity contribution >= 4 is 32.7 Å². The minimum atomic E-state index is 0.595. The van der Waals surface area contributed by atoms with Crippen molar-refractivity contribution in [3.63, 3.8) is 0 Å². The lowest BCUT2D eigenvalue weighted by Gasteiger charge is -2.10. The highest BCUT2D eigenvalue weighted by molar-refractivity contribution is 6.06. The lowest BCUT2D eigenvalue weighted by Crippen LogP contribution is -2.00. The molecule has 0 amide bonds. The molecule has 0 N–H and O–H groups in total. The zero-order valence-corrected chi connectivity index (χ0v) is 25.3. The van der Waals surface area contributed by atoms with Crippen LogP contribution in [0, 0.1) is 0 Å².